The van der Waals surface area contributed by atoms with Crippen LogP contribution in [0.15, 0.2) is 4.79 Å². The number of aromatic nitrogens is 2. The maximum Gasteiger partial charge on any atom is 0.345 e. The minimum atomic E-state index is -0.423. The zero-order chi connectivity index (χ0) is 7.72. The van der Waals surface area contributed by atoms with Gasteiger partial charge < -0.3 is 10.1 Å². The van der Waals surface area contributed by atoms with Crippen molar-refractivity contribution in [1.29, 1.82) is 0 Å². The van der Waals surface area contributed by atoms with Gasteiger partial charge in [-0.1, -0.05) is 0 Å². The molecule has 0 bridgehead atoms. The van der Waals surface area contributed by atoms with Gasteiger partial charge in [0.25, 0.3) is 0 Å². The summed E-state index contributed by atoms with van der Waals surface area (Å²) in [6.45, 7) is 3.20. The van der Waals surface area contributed by atoms with Crippen LogP contribution in [0, 0.1) is 13.8 Å². The van der Waals surface area contributed by atoms with Crippen LogP contribution in [0.5, 0.6) is 5.75 Å². The van der Waals surface area contributed by atoms with Crippen molar-refractivity contribution >= 4 is 0 Å². The number of aryl methyl sites for hydroxylation is 2. The molecule has 1 aromatic heterocycles. The number of H-pyrrole nitrogens is 1. The first-order chi connectivity index (χ1) is 4.61. The second-order valence-corrected chi connectivity index (χ2v) is 2.10. The summed E-state index contributed by atoms with van der Waals surface area (Å²) in [5.41, 5.74) is 0.395. The molecule has 2 N–H and O–H groups in total. The lowest BCUT2D eigenvalue weighted by Gasteiger charge is -1.98. The van der Waals surface area contributed by atoms with Gasteiger partial charge in [-0.05, 0) is 13.8 Å². The minimum absolute atomic E-state index is 0.0552. The van der Waals surface area contributed by atoms with E-state index in [0.717, 1.165) is 0 Å². The monoisotopic (exact) mass is 140 g/mol. The smallest absolute Gasteiger partial charge is 0.345 e. The van der Waals surface area contributed by atoms with Crippen molar-refractivity contribution < 1.29 is 5.11 Å². The lowest BCUT2D eigenvalue weighted by Crippen LogP contribution is -2.12. The Morgan fingerprint density at radius 1 is 1.50 bits per heavy atom. The van der Waals surface area contributed by atoms with Crippen LogP contribution < -0.4 is 5.69 Å². The third-order valence-electron chi connectivity index (χ3n) is 1.26. The summed E-state index contributed by atoms with van der Waals surface area (Å²) >= 11 is 0. The van der Waals surface area contributed by atoms with Gasteiger partial charge in [-0.25, -0.2) is 4.79 Å². The Bertz CT molecular complexity index is 277. The molecule has 0 fully saturated rings. The third-order valence-corrected chi connectivity index (χ3v) is 1.26. The molecule has 0 aliphatic rings. The highest BCUT2D eigenvalue weighted by molar-refractivity contribution is 5.27. The van der Waals surface area contributed by atoms with Gasteiger partial charge in [-0.2, -0.15) is 4.98 Å². The molecule has 4 nitrogen and oxygen atoms in total. The van der Waals surface area contributed by atoms with Crippen molar-refractivity contribution in [3.63, 3.8) is 0 Å². The summed E-state index contributed by atoms with van der Waals surface area (Å²) in [7, 11) is 0. The van der Waals surface area contributed by atoms with Crippen molar-refractivity contribution in [2.75, 3.05) is 0 Å². The average Bonchev–Trinajstić information content (AvgIpc) is 1.82. The first-order valence-electron chi connectivity index (χ1n) is 2.87. The van der Waals surface area contributed by atoms with Crippen LogP contribution in [0.25, 0.3) is 0 Å². The van der Waals surface area contributed by atoms with Gasteiger partial charge in [-0.3, -0.25) is 0 Å². The zero-order valence-electron chi connectivity index (χ0n) is 5.80. The van der Waals surface area contributed by atoms with Crippen LogP contribution in [-0.4, -0.2) is 15.1 Å². The van der Waals surface area contributed by atoms with E-state index in [1.54, 1.807) is 13.8 Å². The summed E-state index contributed by atoms with van der Waals surface area (Å²) in [5, 5.41) is 9.10. The summed E-state index contributed by atoms with van der Waals surface area (Å²) in [6.07, 6.45) is 0. The molecule has 0 saturated carbocycles. The van der Waals surface area contributed by atoms with Crippen molar-refractivity contribution in [2.24, 2.45) is 0 Å². The number of nitrogens with one attached hydrogen (secondary N) is 1. The van der Waals surface area contributed by atoms with E-state index in [-0.39, 0.29) is 5.75 Å². The van der Waals surface area contributed by atoms with Gasteiger partial charge in [0.2, 0.25) is 0 Å². The van der Waals surface area contributed by atoms with E-state index < -0.39 is 5.69 Å². The Hall–Kier alpha value is -1.32. The molecule has 0 aliphatic carbocycles. The Morgan fingerprint density at radius 2 is 2.10 bits per heavy atom. The number of hydrogen-bond donors (Lipinski definition) is 2. The van der Waals surface area contributed by atoms with Crippen molar-refractivity contribution in [3.05, 3.63) is 21.9 Å². The highest BCUT2D eigenvalue weighted by atomic mass is 16.3. The zero-order valence-corrected chi connectivity index (χ0v) is 5.80. The van der Waals surface area contributed by atoms with Crippen molar-refractivity contribution in [2.45, 2.75) is 13.8 Å². The number of aromatic amines is 1. The molecule has 0 aromatic carbocycles. The fraction of sp³-hybridized carbons (Fsp3) is 0.333. The van der Waals surface area contributed by atoms with E-state index in [1.807, 2.05) is 0 Å². The highest BCUT2D eigenvalue weighted by Gasteiger charge is 2.00. The SMILES string of the molecule is Cc1nc(=O)[nH]c(C)c1O. The number of aromatic hydroxyl groups is 1. The van der Waals surface area contributed by atoms with Crippen LogP contribution in [0.4, 0.5) is 0 Å². The predicted octanol–water partition coefficient (Wildman–Crippen LogP) is 0.0923. The fourth-order valence-electron chi connectivity index (χ4n) is 0.724. The maximum absolute atomic E-state index is 10.6. The Kier molecular flexibility index (Phi) is 1.45. The average molecular weight is 140 g/mol. The van der Waals surface area contributed by atoms with Crippen LogP contribution in [0.1, 0.15) is 11.4 Å². The second kappa shape index (κ2) is 2.13. The lowest BCUT2D eigenvalue weighted by molar-refractivity contribution is 0.458. The quantitative estimate of drug-likeness (QED) is 0.536. The van der Waals surface area contributed by atoms with Gasteiger partial charge >= 0.3 is 5.69 Å². The second-order valence-electron chi connectivity index (χ2n) is 2.10. The summed E-state index contributed by atoms with van der Waals surface area (Å²) < 4.78 is 0. The Balaban J connectivity index is 3.46. The van der Waals surface area contributed by atoms with E-state index in [4.69, 9.17) is 5.11 Å². The summed E-state index contributed by atoms with van der Waals surface area (Å²) in [4.78, 5) is 16.4. The summed E-state index contributed by atoms with van der Waals surface area (Å²) in [6, 6.07) is 0. The molecule has 0 atom stereocenters. The topological polar surface area (TPSA) is 66.0 Å². The van der Waals surface area contributed by atoms with Gasteiger partial charge in [0.1, 0.15) is 0 Å². The Morgan fingerprint density at radius 3 is 2.60 bits per heavy atom. The molecule has 0 radical (unpaired) electrons. The van der Waals surface area contributed by atoms with E-state index >= 15 is 0 Å². The van der Waals surface area contributed by atoms with Crippen molar-refractivity contribution in [3.8, 4) is 5.75 Å². The van der Waals surface area contributed by atoms with Gasteiger partial charge in [-0.15, -0.1) is 0 Å². The largest absolute Gasteiger partial charge is 0.504 e. The molecule has 4 heteroatoms. The van der Waals surface area contributed by atoms with Crippen LogP contribution in [0.2, 0.25) is 0 Å². The molecular weight excluding hydrogens is 132 g/mol. The predicted molar refractivity (Wildman–Crippen MR) is 36.0 cm³/mol. The third kappa shape index (κ3) is 1.00. The van der Waals surface area contributed by atoms with Gasteiger partial charge in [0.05, 0.1) is 11.4 Å². The van der Waals surface area contributed by atoms with Crippen LogP contribution in [0.3, 0.4) is 0 Å². The van der Waals surface area contributed by atoms with Crippen molar-refractivity contribution in [1.82, 2.24) is 9.97 Å². The number of hydrogen-bond acceptors (Lipinski definition) is 3. The van der Waals surface area contributed by atoms with E-state index in [2.05, 4.69) is 9.97 Å². The number of nitrogens with zero attached hydrogens (tertiary/aromatic N) is 1. The van der Waals surface area contributed by atoms with Crippen LogP contribution >= 0.6 is 0 Å². The molecule has 0 aliphatic heterocycles. The Labute approximate surface area is 57.6 Å². The van der Waals surface area contributed by atoms with E-state index in [0.29, 0.717) is 11.4 Å². The first-order valence-corrected chi connectivity index (χ1v) is 2.87. The van der Waals surface area contributed by atoms with E-state index in [1.165, 1.54) is 0 Å². The minimum Gasteiger partial charge on any atom is -0.504 e. The van der Waals surface area contributed by atoms with E-state index in [9.17, 15) is 4.79 Å². The molecule has 0 unspecified atom stereocenters. The van der Waals surface area contributed by atoms with Crippen LogP contribution in [-0.2, 0) is 0 Å². The maximum atomic E-state index is 10.6. The molecular formula is C6H8N2O2. The van der Waals surface area contributed by atoms with Gasteiger partial charge in [0, 0.05) is 0 Å². The molecule has 0 amide bonds. The standard InChI is InChI=1S/C6H8N2O2/c1-3-5(9)4(2)8-6(10)7-3/h9H,1-2H3,(H,7,8,10). The molecule has 1 rings (SSSR count). The lowest BCUT2D eigenvalue weighted by atomic mass is 10.3. The molecule has 10 heavy (non-hydrogen) atoms. The molecule has 0 saturated heterocycles. The van der Waals surface area contributed by atoms with Gasteiger partial charge in [0.15, 0.2) is 5.75 Å². The molecule has 0 spiro atoms. The normalized spacial score (nSPS) is 9.80. The molecule has 54 valence electrons. The fourth-order valence-corrected chi connectivity index (χ4v) is 0.724. The molecule has 1 aromatic rings. The number of rotatable bonds is 0. The highest BCUT2D eigenvalue weighted by Crippen LogP contribution is 2.12. The summed E-state index contributed by atoms with van der Waals surface area (Å²) in [5.74, 6) is 0.0552. The molecule has 1 heterocycles. The first kappa shape index (κ1) is 6.80.